The maximum atomic E-state index is 13.4. The van der Waals surface area contributed by atoms with Gasteiger partial charge in [0.05, 0.1) is 16.8 Å². The Morgan fingerprint density at radius 1 is 1.14 bits per heavy atom. The Balaban J connectivity index is 1.95. The molecule has 21 heavy (non-hydrogen) atoms. The van der Waals surface area contributed by atoms with Gasteiger partial charge in [0.1, 0.15) is 5.82 Å². The van der Waals surface area contributed by atoms with Crippen LogP contribution >= 0.6 is 0 Å². The molecule has 2 aromatic carbocycles. The second kappa shape index (κ2) is 5.20. The average molecular weight is 281 g/mol. The molecule has 0 unspecified atom stereocenters. The Bertz CT molecular complexity index is 827. The van der Waals surface area contributed by atoms with Crippen molar-refractivity contribution in [3.63, 3.8) is 0 Å². The van der Waals surface area contributed by atoms with Gasteiger partial charge in [-0.05, 0) is 30.3 Å². The Morgan fingerprint density at radius 2 is 1.95 bits per heavy atom. The zero-order valence-corrected chi connectivity index (χ0v) is 11.0. The molecule has 0 saturated heterocycles. The van der Waals surface area contributed by atoms with Gasteiger partial charge in [-0.2, -0.15) is 0 Å². The number of halogens is 1. The van der Waals surface area contributed by atoms with E-state index in [0.717, 1.165) is 10.9 Å². The van der Waals surface area contributed by atoms with Gasteiger partial charge in [0, 0.05) is 17.3 Å². The monoisotopic (exact) mass is 281 g/mol. The molecular formula is C16H12FN3O. The molecule has 1 aromatic heterocycles. The zero-order chi connectivity index (χ0) is 14.8. The van der Waals surface area contributed by atoms with E-state index in [0.29, 0.717) is 11.3 Å². The van der Waals surface area contributed by atoms with E-state index in [1.807, 2.05) is 24.3 Å². The van der Waals surface area contributed by atoms with Crippen LogP contribution in [0.25, 0.3) is 10.9 Å². The summed E-state index contributed by atoms with van der Waals surface area (Å²) in [6.07, 6.45) is 1.57. The highest BCUT2D eigenvalue weighted by atomic mass is 19.1. The molecule has 4 nitrogen and oxygen atoms in total. The highest BCUT2D eigenvalue weighted by molar-refractivity contribution is 6.12. The van der Waals surface area contributed by atoms with Crippen LogP contribution < -0.4 is 11.1 Å². The van der Waals surface area contributed by atoms with Crippen LogP contribution in [0, 0.1) is 5.82 Å². The number of carbonyl (C=O) groups excluding carboxylic acids is 1. The summed E-state index contributed by atoms with van der Waals surface area (Å²) in [7, 11) is 0. The maximum Gasteiger partial charge on any atom is 0.256 e. The molecule has 0 aliphatic carbocycles. The molecular weight excluding hydrogens is 269 g/mol. The summed E-state index contributed by atoms with van der Waals surface area (Å²) in [6.45, 7) is 0. The minimum Gasteiger partial charge on any atom is -0.396 e. The van der Waals surface area contributed by atoms with Gasteiger partial charge >= 0.3 is 0 Å². The zero-order valence-electron chi connectivity index (χ0n) is 11.0. The van der Waals surface area contributed by atoms with Crippen LogP contribution in [0.15, 0.2) is 54.7 Å². The Hall–Kier alpha value is -2.95. The molecule has 3 rings (SSSR count). The summed E-state index contributed by atoms with van der Waals surface area (Å²) in [5, 5.41) is 3.40. The van der Waals surface area contributed by atoms with Crippen molar-refractivity contribution < 1.29 is 9.18 Å². The number of pyridine rings is 1. The number of nitrogens with one attached hydrogen (secondary N) is 1. The van der Waals surface area contributed by atoms with Crippen molar-refractivity contribution in [3.05, 3.63) is 66.1 Å². The molecule has 3 aromatic rings. The molecule has 0 saturated carbocycles. The first-order valence-corrected chi connectivity index (χ1v) is 6.35. The van der Waals surface area contributed by atoms with Crippen molar-refractivity contribution in [1.29, 1.82) is 0 Å². The largest absolute Gasteiger partial charge is 0.396 e. The number of hydrogen-bond acceptors (Lipinski definition) is 3. The van der Waals surface area contributed by atoms with E-state index in [2.05, 4.69) is 10.3 Å². The average Bonchev–Trinajstić information content (AvgIpc) is 2.50. The molecule has 104 valence electrons. The fraction of sp³-hybridized carbons (Fsp3) is 0. The van der Waals surface area contributed by atoms with Crippen molar-refractivity contribution >= 4 is 28.2 Å². The maximum absolute atomic E-state index is 13.4. The van der Waals surface area contributed by atoms with E-state index in [1.165, 1.54) is 12.1 Å². The topological polar surface area (TPSA) is 68.0 Å². The number of hydrogen-bond donors (Lipinski definition) is 2. The van der Waals surface area contributed by atoms with Crippen molar-refractivity contribution in [2.24, 2.45) is 0 Å². The number of nitrogen functional groups attached to an aromatic ring is 1. The molecule has 5 heteroatoms. The van der Waals surface area contributed by atoms with Crippen LogP contribution in [0.5, 0.6) is 0 Å². The van der Waals surface area contributed by atoms with Crippen LogP contribution in [0.2, 0.25) is 0 Å². The summed E-state index contributed by atoms with van der Waals surface area (Å²) in [6, 6.07) is 13.1. The Kier molecular flexibility index (Phi) is 3.23. The molecule has 0 radical (unpaired) electrons. The number of nitrogens with zero attached hydrogens (tertiary/aromatic N) is 1. The van der Waals surface area contributed by atoms with E-state index >= 15 is 0 Å². The molecule has 0 bridgehead atoms. The molecule has 0 spiro atoms. The molecule has 0 aliphatic rings. The first-order chi connectivity index (χ1) is 10.1. The van der Waals surface area contributed by atoms with E-state index in [1.54, 1.807) is 18.3 Å². The van der Waals surface area contributed by atoms with E-state index < -0.39 is 5.82 Å². The van der Waals surface area contributed by atoms with Gasteiger partial charge in [0.15, 0.2) is 0 Å². The molecule has 0 atom stereocenters. The predicted molar refractivity (Wildman–Crippen MR) is 80.5 cm³/mol. The Labute approximate surface area is 120 Å². The third-order valence-corrected chi connectivity index (χ3v) is 3.15. The number of aromatic nitrogens is 1. The molecule has 0 aliphatic heterocycles. The number of fused-ring (bicyclic) bond motifs is 1. The van der Waals surface area contributed by atoms with E-state index in [4.69, 9.17) is 5.73 Å². The van der Waals surface area contributed by atoms with Gasteiger partial charge in [-0.25, -0.2) is 4.39 Å². The fourth-order valence-electron chi connectivity index (χ4n) is 2.10. The summed E-state index contributed by atoms with van der Waals surface area (Å²) in [5.74, 6) is -0.884. The lowest BCUT2D eigenvalue weighted by Gasteiger charge is -2.08. The number of nitrogens with two attached hydrogens (primary N) is 1. The number of rotatable bonds is 2. The molecule has 1 amide bonds. The van der Waals surface area contributed by atoms with Crippen molar-refractivity contribution in [2.45, 2.75) is 0 Å². The van der Waals surface area contributed by atoms with Crippen LogP contribution in [0.3, 0.4) is 0 Å². The van der Waals surface area contributed by atoms with Crippen molar-refractivity contribution in [1.82, 2.24) is 4.98 Å². The van der Waals surface area contributed by atoms with Gasteiger partial charge in [-0.3, -0.25) is 9.78 Å². The smallest absolute Gasteiger partial charge is 0.256 e. The van der Waals surface area contributed by atoms with Crippen molar-refractivity contribution in [2.75, 3.05) is 11.1 Å². The molecule has 0 fully saturated rings. The van der Waals surface area contributed by atoms with Gasteiger partial charge in [0.25, 0.3) is 5.91 Å². The highest BCUT2D eigenvalue weighted by Gasteiger charge is 2.11. The first-order valence-electron chi connectivity index (χ1n) is 6.35. The van der Waals surface area contributed by atoms with Crippen LogP contribution in [0.4, 0.5) is 15.8 Å². The second-order valence-electron chi connectivity index (χ2n) is 4.57. The van der Waals surface area contributed by atoms with Gasteiger partial charge in [0.2, 0.25) is 0 Å². The lowest BCUT2D eigenvalue weighted by molar-refractivity contribution is 0.102. The minimum atomic E-state index is -0.563. The van der Waals surface area contributed by atoms with Gasteiger partial charge in [-0.15, -0.1) is 0 Å². The van der Waals surface area contributed by atoms with Crippen LogP contribution in [-0.2, 0) is 0 Å². The molecule has 1 heterocycles. The van der Waals surface area contributed by atoms with E-state index in [-0.39, 0.29) is 11.6 Å². The van der Waals surface area contributed by atoms with Crippen molar-refractivity contribution in [3.8, 4) is 0 Å². The molecule has 3 N–H and O–H groups in total. The minimum absolute atomic E-state index is 0.0439. The number of amides is 1. The number of benzene rings is 2. The summed E-state index contributed by atoms with van der Waals surface area (Å²) < 4.78 is 13.4. The predicted octanol–water partition coefficient (Wildman–Crippen LogP) is 3.21. The first kappa shape index (κ1) is 13.1. The summed E-state index contributed by atoms with van der Waals surface area (Å²) in [5.41, 5.74) is 7.02. The van der Waals surface area contributed by atoms with Gasteiger partial charge in [-0.1, -0.05) is 18.2 Å². The lowest BCUT2D eigenvalue weighted by atomic mass is 10.1. The normalized spacial score (nSPS) is 10.5. The van der Waals surface area contributed by atoms with Crippen LogP contribution in [-0.4, -0.2) is 10.9 Å². The Morgan fingerprint density at radius 3 is 2.76 bits per heavy atom. The third-order valence-electron chi connectivity index (χ3n) is 3.15. The summed E-state index contributed by atoms with van der Waals surface area (Å²) >= 11 is 0. The van der Waals surface area contributed by atoms with E-state index in [9.17, 15) is 9.18 Å². The highest BCUT2D eigenvalue weighted by Crippen LogP contribution is 2.20. The number of para-hydroxylation sites is 1. The van der Waals surface area contributed by atoms with Crippen LogP contribution in [0.1, 0.15) is 10.4 Å². The fourth-order valence-corrected chi connectivity index (χ4v) is 2.10. The number of anilines is 2. The number of carbonyl (C=O) groups is 1. The lowest BCUT2D eigenvalue weighted by Crippen LogP contribution is -2.13. The van der Waals surface area contributed by atoms with Gasteiger partial charge < -0.3 is 11.1 Å². The third kappa shape index (κ3) is 2.53. The quantitative estimate of drug-likeness (QED) is 0.709. The second-order valence-corrected chi connectivity index (χ2v) is 4.57. The summed E-state index contributed by atoms with van der Waals surface area (Å²) in [4.78, 5) is 16.5. The SMILES string of the molecule is Nc1ccc(NC(=O)c2ccnc3ccccc23)cc1F. The standard InChI is InChI=1S/C16H12FN3O/c17-13-9-10(5-6-14(13)18)20-16(21)12-7-8-19-15-4-2-1-3-11(12)15/h1-9H,18H2,(H,20,21).